The summed E-state index contributed by atoms with van der Waals surface area (Å²) >= 11 is 0. The Labute approximate surface area is 188 Å². The average molecular weight is 437 g/mol. The van der Waals surface area contributed by atoms with Gasteiger partial charge in [0.25, 0.3) is 5.56 Å². The number of nitrogens with one attached hydrogen (secondary N) is 1. The molecule has 0 amide bonds. The third kappa shape index (κ3) is 4.29. The number of hydrogen-bond donors (Lipinski definition) is 2. The number of pyridine rings is 1. The van der Waals surface area contributed by atoms with Gasteiger partial charge in [0, 0.05) is 29.4 Å². The van der Waals surface area contributed by atoms with E-state index in [1.165, 1.54) is 0 Å². The van der Waals surface area contributed by atoms with Crippen molar-refractivity contribution in [1.82, 2.24) is 29.4 Å². The first-order chi connectivity index (χ1) is 15.2. The van der Waals surface area contributed by atoms with Crippen molar-refractivity contribution in [2.24, 2.45) is 0 Å². The van der Waals surface area contributed by atoms with Crippen molar-refractivity contribution >= 4 is 22.9 Å². The summed E-state index contributed by atoms with van der Waals surface area (Å²) in [5, 5.41) is 3.47. The van der Waals surface area contributed by atoms with Crippen LogP contribution in [0.25, 0.3) is 22.4 Å². The number of nitrogen functional groups attached to an aromatic ring is 1. The predicted octanol–water partition coefficient (Wildman–Crippen LogP) is 3.00. The molecule has 0 bridgehead atoms. The number of anilines is 2. The molecule has 3 N–H and O–H groups in total. The molecule has 4 rings (SSSR count). The van der Waals surface area contributed by atoms with E-state index >= 15 is 0 Å². The van der Waals surface area contributed by atoms with Crippen molar-refractivity contribution in [3.8, 4) is 11.3 Å². The molecule has 0 aliphatic heterocycles. The molecule has 9 nitrogen and oxygen atoms in total. The second-order valence-electron chi connectivity index (χ2n) is 9.11. The van der Waals surface area contributed by atoms with Gasteiger partial charge < -0.3 is 16.0 Å². The van der Waals surface area contributed by atoms with Crippen LogP contribution in [0.1, 0.15) is 51.3 Å². The average Bonchev–Trinajstić information content (AvgIpc) is 2.74. The molecule has 3 aromatic rings. The highest BCUT2D eigenvalue weighted by Gasteiger charge is 2.24. The number of nitrogens with two attached hydrogens (primary N) is 1. The van der Waals surface area contributed by atoms with Crippen LogP contribution in [0.4, 0.5) is 11.8 Å². The highest BCUT2D eigenvalue weighted by atomic mass is 16.1. The maximum absolute atomic E-state index is 13.4. The standard InChI is InChI=1S/C23H32N8O/c1-13(2)31-21-18(28-20(22(31)32)17-10-11-19(24)26-14(17)3)12-25-23(29-21)27-15-6-8-16(9-7-15)30(4)5/h10-13,15-16H,6-9H2,1-5H3,(H2,24,26)(H,25,27,29)/t15-,16-. The number of hydrogen-bond acceptors (Lipinski definition) is 8. The van der Waals surface area contributed by atoms with E-state index in [2.05, 4.69) is 39.3 Å². The van der Waals surface area contributed by atoms with Crippen molar-refractivity contribution < 1.29 is 0 Å². The minimum atomic E-state index is -0.196. The highest BCUT2D eigenvalue weighted by molar-refractivity contribution is 5.75. The lowest BCUT2D eigenvalue weighted by Gasteiger charge is -2.32. The van der Waals surface area contributed by atoms with E-state index in [0.717, 1.165) is 25.7 Å². The van der Waals surface area contributed by atoms with Crippen molar-refractivity contribution in [2.45, 2.75) is 64.6 Å². The Bertz CT molecular complexity index is 1180. The molecular weight excluding hydrogens is 404 g/mol. The third-order valence-corrected chi connectivity index (χ3v) is 6.27. The van der Waals surface area contributed by atoms with Crippen LogP contribution in [-0.4, -0.2) is 55.6 Å². The molecule has 9 heteroatoms. The van der Waals surface area contributed by atoms with Gasteiger partial charge in [-0.15, -0.1) is 0 Å². The minimum Gasteiger partial charge on any atom is -0.384 e. The molecule has 0 unspecified atom stereocenters. The summed E-state index contributed by atoms with van der Waals surface area (Å²) in [4.78, 5) is 33.8. The van der Waals surface area contributed by atoms with E-state index in [4.69, 9.17) is 10.7 Å². The topological polar surface area (TPSA) is 115 Å². The van der Waals surface area contributed by atoms with Crippen LogP contribution in [0.2, 0.25) is 0 Å². The summed E-state index contributed by atoms with van der Waals surface area (Å²) in [7, 11) is 4.28. The molecule has 0 saturated heterocycles. The molecule has 170 valence electrons. The Hall–Kier alpha value is -3.07. The number of aromatic nitrogens is 5. The molecule has 3 heterocycles. The van der Waals surface area contributed by atoms with Crippen LogP contribution in [0.15, 0.2) is 23.1 Å². The van der Waals surface area contributed by atoms with Crippen LogP contribution < -0.4 is 16.6 Å². The predicted molar refractivity (Wildman–Crippen MR) is 128 cm³/mol. The van der Waals surface area contributed by atoms with Gasteiger partial charge in [-0.3, -0.25) is 9.36 Å². The SMILES string of the molecule is Cc1nc(N)ccc1-c1nc2cnc(N[C@H]3CC[C@H](N(C)C)CC3)nc2n(C(C)C)c1=O. The zero-order valence-electron chi connectivity index (χ0n) is 19.5. The van der Waals surface area contributed by atoms with Gasteiger partial charge in [-0.1, -0.05) is 0 Å². The van der Waals surface area contributed by atoms with Crippen LogP contribution in [0, 0.1) is 6.92 Å². The molecule has 1 aliphatic rings. The molecule has 0 atom stereocenters. The van der Waals surface area contributed by atoms with Crippen LogP contribution in [-0.2, 0) is 0 Å². The van der Waals surface area contributed by atoms with Crippen molar-refractivity contribution in [3.63, 3.8) is 0 Å². The Kier molecular flexibility index (Phi) is 6.10. The summed E-state index contributed by atoms with van der Waals surface area (Å²) in [5.41, 5.74) is 8.37. The van der Waals surface area contributed by atoms with Crippen molar-refractivity contribution in [2.75, 3.05) is 25.1 Å². The first-order valence-electron chi connectivity index (χ1n) is 11.2. The monoisotopic (exact) mass is 436 g/mol. The quantitative estimate of drug-likeness (QED) is 0.627. The summed E-state index contributed by atoms with van der Waals surface area (Å²) in [6.07, 6.45) is 6.13. The summed E-state index contributed by atoms with van der Waals surface area (Å²) in [5.74, 6) is 0.953. The normalized spacial score (nSPS) is 19.1. The van der Waals surface area contributed by atoms with Gasteiger partial charge in [0.15, 0.2) is 5.65 Å². The number of rotatable bonds is 5. The van der Waals surface area contributed by atoms with Crippen LogP contribution in [0.5, 0.6) is 0 Å². The smallest absolute Gasteiger partial charge is 0.279 e. The van der Waals surface area contributed by atoms with Gasteiger partial charge in [0.2, 0.25) is 5.95 Å². The fourth-order valence-corrected chi connectivity index (χ4v) is 4.48. The summed E-state index contributed by atoms with van der Waals surface area (Å²) in [6.45, 7) is 5.76. The van der Waals surface area contributed by atoms with Gasteiger partial charge in [-0.05, 0) is 72.7 Å². The Morgan fingerprint density at radius 2 is 1.84 bits per heavy atom. The Morgan fingerprint density at radius 1 is 1.12 bits per heavy atom. The zero-order chi connectivity index (χ0) is 23.0. The molecular formula is C23H32N8O. The molecule has 3 aromatic heterocycles. The van der Waals surface area contributed by atoms with Crippen LogP contribution >= 0.6 is 0 Å². The second-order valence-corrected chi connectivity index (χ2v) is 9.11. The lowest BCUT2D eigenvalue weighted by atomic mass is 9.91. The van der Waals surface area contributed by atoms with Gasteiger partial charge in [-0.25, -0.2) is 15.0 Å². The van der Waals surface area contributed by atoms with E-state index in [-0.39, 0.29) is 11.6 Å². The molecule has 1 fully saturated rings. The second kappa shape index (κ2) is 8.82. The number of fused-ring (bicyclic) bond motifs is 1. The molecule has 1 aliphatic carbocycles. The maximum atomic E-state index is 13.4. The van der Waals surface area contributed by atoms with Crippen molar-refractivity contribution in [3.05, 3.63) is 34.4 Å². The van der Waals surface area contributed by atoms with Gasteiger partial charge in [0.05, 0.1) is 6.20 Å². The Balaban J connectivity index is 1.71. The first-order valence-corrected chi connectivity index (χ1v) is 11.2. The van der Waals surface area contributed by atoms with Crippen LogP contribution in [0.3, 0.4) is 0 Å². The van der Waals surface area contributed by atoms with E-state index in [1.807, 2.05) is 20.8 Å². The van der Waals surface area contributed by atoms with Crippen molar-refractivity contribution in [1.29, 1.82) is 0 Å². The molecule has 32 heavy (non-hydrogen) atoms. The largest absolute Gasteiger partial charge is 0.384 e. The van der Waals surface area contributed by atoms with E-state index < -0.39 is 0 Å². The minimum absolute atomic E-state index is 0.0907. The molecule has 0 aromatic carbocycles. The van der Waals surface area contributed by atoms with E-state index in [1.54, 1.807) is 22.9 Å². The summed E-state index contributed by atoms with van der Waals surface area (Å²) < 4.78 is 1.68. The van der Waals surface area contributed by atoms with E-state index in [0.29, 0.717) is 52.0 Å². The Morgan fingerprint density at radius 3 is 2.47 bits per heavy atom. The first kappa shape index (κ1) is 22.1. The summed E-state index contributed by atoms with van der Waals surface area (Å²) in [6, 6.07) is 4.34. The lowest BCUT2D eigenvalue weighted by molar-refractivity contribution is 0.221. The number of aryl methyl sites for hydroxylation is 1. The van der Waals surface area contributed by atoms with Gasteiger partial charge >= 0.3 is 0 Å². The zero-order valence-corrected chi connectivity index (χ0v) is 19.5. The molecule has 1 saturated carbocycles. The molecule has 0 radical (unpaired) electrons. The highest BCUT2D eigenvalue weighted by Crippen LogP contribution is 2.25. The molecule has 0 spiro atoms. The fourth-order valence-electron chi connectivity index (χ4n) is 4.48. The maximum Gasteiger partial charge on any atom is 0.279 e. The number of nitrogens with zero attached hydrogens (tertiary/aromatic N) is 6. The lowest BCUT2D eigenvalue weighted by Crippen LogP contribution is -2.36. The van der Waals surface area contributed by atoms with E-state index in [9.17, 15) is 4.79 Å². The van der Waals surface area contributed by atoms with Gasteiger partial charge in [0.1, 0.15) is 17.0 Å². The third-order valence-electron chi connectivity index (χ3n) is 6.27. The van der Waals surface area contributed by atoms with Gasteiger partial charge in [-0.2, -0.15) is 4.98 Å². The fraction of sp³-hybridized carbons (Fsp3) is 0.522.